The number of benzene rings is 1. The quantitative estimate of drug-likeness (QED) is 0.115. The highest BCUT2D eigenvalue weighted by molar-refractivity contribution is 5.75. The predicted octanol–water partition coefficient (Wildman–Crippen LogP) is 6.63. The Labute approximate surface area is 314 Å². The number of carbonyl (C=O) groups is 2. The average molecular weight is 733 g/mol. The van der Waals surface area contributed by atoms with Crippen LogP contribution in [-0.2, 0) is 10.3 Å². The monoisotopic (exact) mass is 733 g/mol. The first kappa shape index (κ1) is 43.9. The third-order valence-electron chi connectivity index (χ3n) is 11.2. The van der Waals surface area contributed by atoms with Gasteiger partial charge < -0.3 is 40.9 Å². The van der Waals surface area contributed by atoms with Crippen molar-refractivity contribution in [3.63, 3.8) is 0 Å². The van der Waals surface area contributed by atoms with Gasteiger partial charge >= 0.3 is 12.1 Å². The molecule has 3 fully saturated rings. The van der Waals surface area contributed by atoms with E-state index in [2.05, 4.69) is 35.1 Å². The second kappa shape index (κ2) is 24.0. The van der Waals surface area contributed by atoms with E-state index in [0.717, 1.165) is 77.5 Å². The van der Waals surface area contributed by atoms with Crippen LogP contribution in [-0.4, -0.2) is 106 Å². The number of carbonyl (C=O) groups excluding carboxylic acids is 2. The van der Waals surface area contributed by atoms with Crippen LogP contribution in [0.3, 0.4) is 0 Å². The molecule has 52 heavy (non-hydrogen) atoms. The molecule has 4 rings (SSSR count). The zero-order valence-corrected chi connectivity index (χ0v) is 33.2. The van der Waals surface area contributed by atoms with E-state index in [-0.39, 0.29) is 35.9 Å². The van der Waals surface area contributed by atoms with Crippen LogP contribution in [0.15, 0.2) is 24.3 Å². The van der Waals surface area contributed by atoms with Gasteiger partial charge in [0, 0.05) is 76.6 Å². The first-order valence-electron chi connectivity index (χ1n) is 20.5. The molecule has 0 radical (unpaired) electrons. The average Bonchev–Trinajstić information content (AvgIpc) is 3.14. The number of nitrogens with one attached hydrogen (secondary N) is 4. The van der Waals surface area contributed by atoms with Gasteiger partial charge in [-0.2, -0.15) is 0 Å². The summed E-state index contributed by atoms with van der Waals surface area (Å²) < 4.78 is 20.0. The lowest BCUT2D eigenvalue weighted by atomic mass is 9.74. The van der Waals surface area contributed by atoms with Crippen molar-refractivity contribution < 1.29 is 23.8 Å². The number of halogens is 1. The maximum atomic E-state index is 14.9. The van der Waals surface area contributed by atoms with Gasteiger partial charge in [0.2, 0.25) is 0 Å². The third kappa shape index (κ3) is 14.7. The van der Waals surface area contributed by atoms with Crippen LogP contribution in [0.4, 0.5) is 14.0 Å². The number of urea groups is 2. The first-order chi connectivity index (χ1) is 25.1. The molecule has 4 amide bonds. The fourth-order valence-corrected chi connectivity index (χ4v) is 8.47. The molecule has 10 nitrogen and oxygen atoms in total. The molecule has 2 aliphatic heterocycles. The second-order valence-corrected chi connectivity index (χ2v) is 16.0. The summed E-state index contributed by atoms with van der Waals surface area (Å²) in [6, 6.07) is 6.92. The number of unbranched alkanes of at least 4 members (excludes halogenated alkanes) is 1. The van der Waals surface area contributed by atoms with E-state index < -0.39 is 5.60 Å². The topological polar surface area (TPSA) is 118 Å². The Hall–Kier alpha value is -2.47. The molecule has 11 heteroatoms. The van der Waals surface area contributed by atoms with Crippen LogP contribution >= 0.6 is 0 Å². The van der Waals surface area contributed by atoms with Gasteiger partial charge in [-0.1, -0.05) is 64.2 Å². The Balaban J connectivity index is 0.000000359. The maximum absolute atomic E-state index is 14.9. The highest BCUT2D eigenvalue weighted by Gasteiger charge is 2.42. The van der Waals surface area contributed by atoms with E-state index in [4.69, 9.17) is 4.74 Å². The SMILES string of the molecule is CNC[C@H](CC(C)C)NC(=O)N1CCCCC1.CNC[C@H](CC1CCCCC1)NC(=O)N1CCC[C@@H]([C@@](O)(CCCCOC)c2ccccc2F)C1. The molecule has 1 saturated carbocycles. The summed E-state index contributed by atoms with van der Waals surface area (Å²) in [5.74, 6) is 0.678. The van der Waals surface area contributed by atoms with Crippen molar-refractivity contribution in [1.29, 1.82) is 0 Å². The Morgan fingerprint density at radius 3 is 2.13 bits per heavy atom. The number of likely N-dealkylation sites (N-methyl/N-ethyl adjacent to an activating group) is 2. The van der Waals surface area contributed by atoms with Crippen molar-refractivity contribution in [3.8, 4) is 0 Å². The Bertz CT molecular complexity index is 1150. The molecule has 0 unspecified atom stereocenters. The number of rotatable bonds is 17. The number of hydrogen-bond acceptors (Lipinski definition) is 6. The van der Waals surface area contributed by atoms with Crippen LogP contribution < -0.4 is 21.3 Å². The zero-order chi connectivity index (χ0) is 37.8. The van der Waals surface area contributed by atoms with Gasteiger partial charge in [0.15, 0.2) is 0 Å². The molecule has 0 bridgehead atoms. The Morgan fingerprint density at radius 2 is 1.48 bits per heavy atom. The molecular weight excluding hydrogens is 659 g/mol. The van der Waals surface area contributed by atoms with Crippen LogP contribution in [0, 0.1) is 23.6 Å². The van der Waals surface area contributed by atoms with Crippen molar-refractivity contribution >= 4 is 12.1 Å². The minimum atomic E-state index is -1.31. The summed E-state index contributed by atoms with van der Waals surface area (Å²) in [6.07, 6.45) is 15.5. The van der Waals surface area contributed by atoms with E-state index >= 15 is 0 Å². The molecule has 1 aromatic rings. The van der Waals surface area contributed by atoms with E-state index in [1.807, 2.05) is 23.9 Å². The van der Waals surface area contributed by atoms with Gasteiger partial charge in [-0.05, 0) is 96.2 Å². The largest absolute Gasteiger partial charge is 0.385 e. The summed E-state index contributed by atoms with van der Waals surface area (Å²) in [5, 5.41) is 24.7. The maximum Gasteiger partial charge on any atom is 0.317 e. The van der Waals surface area contributed by atoms with Crippen LogP contribution in [0.25, 0.3) is 0 Å². The van der Waals surface area contributed by atoms with E-state index in [0.29, 0.717) is 43.5 Å². The number of amides is 4. The van der Waals surface area contributed by atoms with Crippen molar-refractivity contribution in [3.05, 3.63) is 35.6 Å². The zero-order valence-electron chi connectivity index (χ0n) is 33.2. The normalized spacial score (nSPS) is 20.7. The van der Waals surface area contributed by atoms with Crippen molar-refractivity contribution in [2.45, 2.75) is 128 Å². The Morgan fingerprint density at radius 1 is 0.865 bits per heavy atom. The van der Waals surface area contributed by atoms with Crippen LogP contribution in [0.5, 0.6) is 0 Å². The van der Waals surface area contributed by atoms with Crippen LogP contribution in [0.2, 0.25) is 0 Å². The number of aliphatic hydroxyl groups is 1. The number of piperidine rings is 2. The fourth-order valence-electron chi connectivity index (χ4n) is 8.47. The minimum Gasteiger partial charge on any atom is -0.385 e. The number of nitrogens with zero attached hydrogens (tertiary/aromatic N) is 2. The fraction of sp³-hybridized carbons (Fsp3) is 0.805. The molecule has 0 spiro atoms. The van der Waals surface area contributed by atoms with Crippen molar-refractivity contribution in [2.24, 2.45) is 17.8 Å². The lowest BCUT2D eigenvalue weighted by Crippen LogP contribution is -2.54. The molecule has 0 aromatic heterocycles. The number of likely N-dealkylation sites (tertiary alicyclic amines) is 2. The summed E-state index contributed by atoms with van der Waals surface area (Å²) in [6.45, 7) is 9.51. The number of hydrogen-bond donors (Lipinski definition) is 5. The predicted molar refractivity (Wildman–Crippen MR) is 209 cm³/mol. The molecule has 4 atom stereocenters. The van der Waals surface area contributed by atoms with E-state index in [1.54, 1.807) is 25.3 Å². The number of methoxy groups -OCH3 is 1. The summed E-state index contributed by atoms with van der Waals surface area (Å²) in [7, 11) is 5.52. The van der Waals surface area contributed by atoms with Crippen molar-refractivity contribution in [2.75, 3.05) is 67.1 Å². The van der Waals surface area contributed by atoms with Crippen molar-refractivity contribution in [1.82, 2.24) is 31.1 Å². The molecule has 1 aromatic carbocycles. The summed E-state index contributed by atoms with van der Waals surface area (Å²) >= 11 is 0. The number of ether oxygens (including phenoxy) is 1. The highest BCUT2D eigenvalue weighted by Crippen LogP contribution is 2.41. The lowest BCUT2D eigenvalue weighted by molar-refractivity contribution is -0.0587. The second-order valence-electron chi connectivity index (χ2n) is 16.0. The Kier molecular flexibility index (Phi) is 20.3. The summed E-state index contributed by atoms with van der Waals surface area (Å²) in [4.78, 5) is 29.1. The van der Waals surface area contributed by atoms with Gasteiger partial charge in [-0.3, -0.25) is 0 Å². The van der Waals surface area contributed by atoms with Crippen LogP contribution in [0.1, 0.15) is 116 Å². The van der Waals surface area contributed by atoms with Gasteiger partial charge in [0.25, 0.3) is 0 Å². The van der Waals surface area contributed by atoms with Gasteiger partial charge in [-0.25, -0.2) is 14.0 Å². The molecule has 5 N–H and O–H groups in total. The smallest absolute Gasteiger partial charge is 0.317 e. The van der Waals surface area contributed by atoms with Gasteiger partial charge in [0.1, 0.15) is 5.82 Å². The molecule has 3 aliphatic rings. The minimum absolute atomic E-state index is 0.0685. The molecule has 1 aliphatic carbocycles. The summed E-state index contributed by atoms with van der Waals surface area (Å²) in [5.41, 5.74) is -0.972. The van der Waals surface area contributed by atoms with E-state index in [1.165, 1.54) is 44.6 Å². The lowest BCUT2D eigenvalue weighted by Gasteiger charge is -2.43. The standard InChI is InChI=1S/C28H46FN3O3.C13H27N3O/c1-30-20-24(19-22-11-4-3-5-12-22)31-27(33)32-17-10-13-23(21-32)28(34,16-8-9-18-35-2)25-14-6-7-15-26(25)29;1-11(2)9-12(10-14-3)15-13(17)16-7-5-4-6-8-16/h6-7,14-15,22-24,30,34H,3-5,8-13,16-21H2,1-2H3,(H,31,33);11-12,14H,4-10H2,1-3H3,(H,15,17)/t23-,24+,28+;12-/m10/s1. The first-order valence-corrected chi connectivity index (χ1v) is 20.5. The molecular formula is C41H73FN6O4. The highest BCUT2D eigenvalue weighted by atomic mass is 19.1. The molecule has 2 heterocycles. The molecule has 2 saturated heterocycles. The van der Waals surface area contributed by atoms with Gasteiger partial charge in [-0.15, -0.1) is 0 Å². The molecule has 298 valence electrons. The van der Waals surface area contributed by atoms with E-state index in [9.17, 15) is 19.1 Å². The third-order valence-corrected chi connectivity index (χ3v) is 11.2. The van der Waals surface area contributed by atoms with Gasteiger partial charge in [0.05, 0.1) is 5.60 Å².